The van der Waals surface area contributed by atoms with Gasteiger partial charge in [-0.05, 0) is 18.9 Å². The Morgan fingerprint density at radius 2 is 1.92 bits per heavy atom. The second-order valence-corrected chi connectivity index (χ2v) is 7.18. The van der Waals surface area contributed by atoms with Crippen LogP contribution in [0.3, 0.4) is 0 Å². The zero-order valence-electron chi connectivity index (χ0n) is 14.2. The van der Waals surface area contributed by atoms with Gasteiger partial charge in [-0.3, -0.25) is 0 Å². The fourth-order valence-corrected chi connectivity index (χ4v) is 3.44. The van der Waals surface area contributed by atoms with Gasteiger partial charge in [0.25, 0.3) is 0 Å². The van der Waals surface area contributed by atoms with E-state index in [-0.39, 0.29) is 0 Å². The number of hydrogen-bond donors (Lipinski definition) is 0. The highest BCUT2D eigenvalue weighted by molar-refractivity contribution is 6.36. The average Bonchev–Trinajstić information content (AvgIpc) is 2.87. The van der Waals surface area contributed by atoms with E-state index < -0.39 is 0 Å². The smallest absolute Gasteiger partial charge is 0.161 e. The lowest BCUT2D eigenvalue weighted by Crippen LogP contribution is -2.26. The van der Waals surface area contributed by atoms with Gasteiger partial charge in [0.05, 0.1) is 11.8 Å². The molecule has 6 heteroatoms. The summed E-state index contributed by atoms with van der Waals surface area (Å²) >= 11 is 13.0. The van der Waals surface area contributed by atoms with Gasteiger partial charge in [0.15, 0.2) is 5.65 Å². The van der Waals surface area contributed by atoms with Crippen molar-refractivity contribution in [3.8, 4) is 11.1 Å². The molecule has 3 rings (SSSR count). The van der Waals surface area contributed by atoms with Crippen LogP contribution in [0.25, 0.3) is 16.8 Å². The number of benzene rings is 1. The third-order valence-corrected chi connectivity index (χ3v) is 4.50. The molecule has 0 aliphatic carbocycles. The van der Waals surface area contributed by atoms with Gasteiger partial charge in [-0.1, -0.05) is 55.2 Å². The van der Waals surface area contributed by atoms with Crippen LogP contribution in [0.15, 0.2) is 30.5 Å². The maximum atomic E-state index is 6.59. The van der Waals surface area contributed by atoms with E-state index in [4.69, 9.17) is 23.2 Å². The van der Waals surface area contributed by atoms with Crippen molar-refractivity contribution < 1.29 is 0 Å². The Morgan fingerprint density at radius 3 is 2.58 bits per heavy atom. The van der Waals surface area contributed by atoms with Crippen LogP contribution in [0.1, 0.15) is 19.4 Å². The highest BCUT2D eigenvalue weighted by Gasteiger charge is 2.22. The molecule has 0 spiro atoms. The summed E-state index contributed by atoms with van der Waals surface area (Å²) < 4.78 is 1.85. The Hall–Kier alpha value is -1.78. The molecule has 3 aromatic rings. The number of halogens is 2. The number of fused-ring (bicyclic) bond motifs is 1. The molecule has 0 radical (unpaired) electrons. The van der Waals surface area contributed by atoms with E-state index in [0.717, 1.165) is 34.7 Å². The van der Waals surface area contributed by atoms with Crippen molar-refractivity contribution in [3.05, 3.63) is 46.2 Å². The molecule has 2 heterocycles. The summed E-state index contributed by atoms with van der Waals surface area (Å²) in [7, 11) is 2.04. The quantitative estimate of drug-likeness (QED) is 0.605. The Balaban J connectivity index is 2.35. The molecule has 0 aliphatic rings. The number of rotatable bonds is 4. The minimum absolute atomic E-state index is 0.435. The molecule has 0 atom stereocenters. The van der Waals surface area contributed by atoms with Gasteiger partial charge in [-0.15, -0.1) is 0 Å². The van der Waals surface area contributed by atoms with Crippen LogP contribution in [0.2, 0.25) is 10.2 Å². The molecule has 126 valence electrons. The second kappa shape index (κ2) is 6.61. The molecule has 0 unspecified atom stereocenters. The van der Waals surface area contributed by atoms with Crippen molar-refractivity contribution in [2.75, 3.05) is 18.5 Å². The van der Waals surface area contributed by atoms with E-state index in [9.17, 15) is 0 Å². The summed E-state index contributed by atoms with van der Waals surface area (Å²) in [5.74, 6) is 1.40. The van der Waals surface area contributed by atoms with Crippen molar-refractivity contribution in [2.45, 2.75) is 20.8 Å². The predicted molar refractivity (Wildman–Crippen MR) is 101 cm³/mol. The molecule has 0 aliphatic heterocycles. The van der Waals surface area contributed by atoms with Gasteiger partial charge in [0, 0.05) is 29.7 Å². The number of aromatic nitrogens is 3. The van der Waals surface area contributed by atoms with E-state index in [1.165, 1.54) is 0 Å². The first kappa shape index (κ1) is 17.1. The molecule has 4 nitrogen and oxygen atoms in total. The summed E-state index contributed by atoms with van der Waals surface area (Å²) in [5.41, 5.74) is 3.42. The molecule has 2 aromatic heterocycles. The second-order valence-electron chi connectivity index (χ2n) is 6.42. The summed E-state index contributed by atoms with van der Waals surface area (Å²) in [4.78, 5) is 6.72. The molecule has 0 saturated heterocycles. The lowest BCUT2D eigenvalue weighted by atomic mass is 10.1. The first-order valence-corrected chi connectivity index (χ1v) is 8.65. The standard InChI is InChI=1S/C18H20Cl2N4/c1-11(2)10-23(4)18-15(13-7-5-6-8-14(13)19)16(20)22-17-12(3)9-21-24(17)18/h5-9,11H,10H2,1-4H3. The third kappa shape index (κ3) is 2.96. The predicted octanol–water partition coefficient (Wildman–Crippen LogP) is 5.10. The van der Waals surface area contributed by atoms with Gasteiger partial charge >= 0.3 is 0 Å². The van der Waals surface area contributed by atoms with E-state index in [0.29, 0.717) is 16.1 Å². The van der Waals surface area contributed by atoms with Crippen LogP contribution in [-0.4, -0.2) is 28.2 Å². The largest absolute Gasteiger partial charge is 0.359 e. The molecule has 0 saturated carbocycles. The lowest BCUT2D eigenvalue weighted by Gasteiger charge is -2.25. The maximum absolute atomic E-state index is 6.59. The highest BCUT2D eigenvalue weighted by atomic mass is 35.5. The van der Waals surface area contributed by atoms with Gasteiger partial charge in [-0.25, -0.2) is 4.98 Å². The van der Waals surface area contributed by atoms with Crippen LogP contribution in [-0.2, 0) is 0 Å². The first-order chi connectivity index (χ1) is 11.4. The molecule has 0 fully saturated rings. The Kier molecular flexibility index (Phi) is 4.70. The van der Waals surface area contributed by atoms with Gasteiger partial charge in [-0.2, -0.15) is 9.61 Å². The minimum atomic E-state index is 0.435. The highest BCUT2D eigenvalue weighted by Crippen LogP contribution is 2.40. The van der Waals surface area contributed by atoms with Crippen molar-refractivity contribution >= 4 is 34.7 Å². The Labute approximate surface area is 152 Å². The van der Waals surface area contributed by atoms with E-state index in [1.807, 2.05) is 48.9 Å². The van der Waals surface area contributed by atoms with Gasteiger partial charge in [0.1, 0.15) is 11.0 Å². The number of aryl methyl sites for hydroxylation is 1. The molecule has 1 aromatic carbocycles. The van der Waals surface area contributed by atoms with Crippen LogP contribution >= 0.6 is 23.2 Å². The van der Waals surface area contributed by atoms with Crippen molar-refractivity contribution in [1.29, 1.82) is 0 Å². The zero-order chi connectivity index (χ0) is 17.4. The SMILES string of the molecule is Cc1cnn2c(N(C)CC(C)C)c(-c3ccccc3Cl)c(Cl)nc12. The van der Waals surface area contributed by atoms with Gasteiger partial charge < -0.3 is 4.90 Å². The van der Waals surface area contributed by atoms with Gasteiger partial charge in [0.2, 0.25) is 0 Å². The third-order valence-electron chi connectivity index (χ3n) is 3.90. The van der Waals surface area contributed by atoms with Crippen molar-refractivity contribution in [3.63, 3.8) is 0 Å². The van der Waals surface area contributed by atoms with Crippen LogP contribution in [0, 0.1) is 12.8 Å². The monoisotopic (exact) mass is 362 g/mol. The fraction of sp³-hybridized carbons (Fsp3) is 0.333. The molecule has 0 N–H and O–H groups in total. The zero-order valence-corrected chi connectivity index (χ0v) is 15.7. The summed E-state index contributed by atoms with van der Waals surface area (Å²) in [5, 5.41) is 5.59. The molecular formula is C18H20Cl2N4. The van der Waals surface area contributed by atoms with E-state index >= 15 is 0 Å². The summed E-state index contributed by atoms with van der Waals surface area (Å²) in [6, 6.07) is 7.67. The summed E-state index contributed by atoms with van der Waals surface area (Å²) in [6.07, 6.45) is 1.81. The number of nitrogens with zero attached hydrogens (tertiary/aromatic N) is 4. The van der Waals surface area contributed by atoms with Crippen LogP contribution in [0.5, 0.6) is 0 Å². The molecular weight excluding hydrogens is 343 g/mol. The van der Waals surface area contributed by atoms with E-state index in [1.54, 1.807) is 0 Å². The number of hydrogen-bond acceptors (Lipinski definition) is 3. The van der Waals surface area contributed by atoms with E-state index in [2.05, 4.69) is 28.8 Å². The first-order valence-electron chi connectivity index (χ1n) is 7.90. The molecule has 0 amide bonds. The van der Waals surface area contributed by atoms with Crippen molar-refractivity contribution in [1.82, 2.24) is 14.6 Å². The molecule has 24 heavy (non-hydrogen) atoms. The minimum Gasteiger partial charge on any atom is -0.359 e. The van der Waals surface area contributed by atoms with Crippen LogP contribution in [0.4, 0.5) is 5.82 Å². The number of anilines is 1. The lowest BCUT2D eigenvalue weighted by molar-refractivity contribution is 0.630. The maximum Gasteiger partial charge on any atom is 0.161 e. The average molecular weight is 363 g/mol. The topological polar surface area (TPSA) is 33.4 Å². The summed E-state index contributed by atoms with van der Waals surface area (Å²) in [6.45, 7) is 7.21. The normalized spacial score (nSPS) is 11.5. The Bertz CT molecular complexity index is 886. The van der Waals surface area contributed by atoms with Crippen LogP contribution < -0.4 is 4.90 Å². The Morgan fingerprint density at radius 1 is 1.21 bits per heavy atom. The fourth-order valence-electron chi connectivity index (χ4n) is 2.94. The van der Waals surface area contributed by atoms with Crippen molar-refractivity contribution in [2.24, 2.45) is 5.92 Å². The molecule has 0 bridgehead atoms.